The van der Waals surface area contributed by atoms with Gasteiger partial charge in [0.25, 0.3) is 0 Å². The summed E-state index contributed by atoms with van der Waals surface area (Å²) in [6.07, 6.45) is 7.82. The molecule has 1 aliphatic carbocycles. The number of rotatable bonds is 6. The molecule has 186 valence electrons. The van der Waals surface area contributed by atoms with E-state index < -0.39 is 0 Å². The summed E-state index contributed by atoms with van der Waals surface area (Å²) in [7, 11) is 1.44. The zero-order valence-corrected chi connectivity index (χ0v) is 20.2. The van der Waals surface area contributed by atoms with Gasteiger partial charge in [-0.1, -0.05) is 30.3 Å². The third-order valence-electron chi connectivity index (χ3n) is 7.92. The predicted molar refractivity (Wildman–Crippen MR) is 132 cm³/mol. The van der Waals surface area contributed by atoms with E-state index in [0.717, 1.165) is 31.2 Å². The summed E-state index contributed by atoms with van der Waals surface area (Å²) in [5.41, 5.74) is 9.25. The number of aromatic nitrogens is 1. The maximum absolute atomic E-state index is 13.4. The number of carbonyl (C=O) groups is 2. The molecule has 2 aliphatic heterocycles. The van der Waals surface area contributed by atoms with Gasteiger partial charge in [-0.3, -0.25) is 24.9 Å². The molecule has 3 fully saturated rings. The summed E-state index contributed by atoms with van der Waals surface area (Å²) in [5, 5.41) is 3.33. The Morgan fingerprint density at radius 1 is 1.06 bits per heavy atom. The van der Waals surface area contributed by atoms with Crippen LogP contribution in [-0.2, 0) is 20.9 Å². The zero-order valence-electron chi connectivity index (χ0n) is 20.2. The Morgan fingerprint density at radius 2 is 1.86 bits per heavy atom. The van der Waals surface area contributed by atoms with E-state index in [1.54, 1.807) is 0 Å². The maximum atomic E-state index is 13.4. The predicted octanol–water partition coefficient (Wildman–Crippen LogP) is 2.34. The Balaban J connectivity index is 1.21. The molecule has 0 radical (unpaired) electrons. The van der Waals surface area contributed by atoms with Crippen LogP contribution in [0.1, 0.15) is 49.3 Å². The molecule has 1 aromatic heterocycles. The van der Waals surface area contributed by atoms with Crippen LogP contribution in [0.25, 0.3) is 0 Å². The number of piperidine rings is 1. The molecule has 2 saturated heterocycles. The molecule has 2 aromatic rings. The van der Waals surface area contributed by atoms with Crippen molar-refractivity contribution in [2.75, 3.05) is 13.7 Å². The zero-order chi connectivity index (χ0) is 24.2. The van der Waals surface area contributed by atoms with E-state index in [-0.39, 0.29) is 35.9 Å². The summed E-state index contributed by atoms with van der Waals surface area (Å²) in [5.74, 6) is 0.312. The van der Waals surface area contributed by atoms with E-state index in [4.69, 9.17) is 4.74 Å². The fraction of sp³-hybridized carbons (Fsp3) is 0.519. The minimum atomic E-state index is -0.277. The number of hydrazine groups is 1. The Morgan fingerprint density at radius 3 is 2.63 bits per heavy atom. The third-order valence-corrected chi connectivity index (χ3v) is 7.92. The smallest absolute Gasteiger partial charge is 0.323 e. The van der Waals surface area contributed by atoms with Gasteiger partial charge in [-0.15, -0.1) is 0 Å². The van der Waals surface area contributed by atoms with E-state index in [0.29, 0.717) is 31.5 Å². The lowest BCUT2D eigenvalue weighted by Gasteiger charge is -2.39. The maximum Gasteiger partial charge on any atom is 0.323 e. The Hall–Kier alpha value is -2.81. The number of benzene rings is 1. The largest absolute Gasteiger partial charge is 0.468 e. The van der Waals surface area contributed by atoms with E-state index in [2.05, 4.69) is 38.2 Å². The summed E-state index contributed by atoms with van der Waals surface area (Å²) >= 11 is 0. The quantitative estimate of drug-likeness (QED) is 0.550. The number of methoxy groups -OCH3 is 1. The first kappa shape index (κ1) is 23.9. The lowest BCUT2D eigenvalue weighted by atomic mass is 9.74. The third kappa shape index (κ3) is 5.39. The molecule has 3 heterocycles. The fourth-order valence-corrected chi connectivity index (χ4v) is 6.07. The standard InChI is InChI=1S/C27H35N5O3/c1-35-27(34)24-10-8-21(17-32(24)16-18-5-3-2-4-6-18)29-26(33)20-7-9-23-22(15-20)25(31-30-23)19-11-13-28-14-12-19/h2-6,11-14,20-25,30-31H,7-10,15-17H2,1H3,(H,29,33)/t20?,21-,22?,23?,24-,25?/m1/s1. The molecule has 3 N–H and O–H groups in total. The number of ether oxygens (including phenoxy) is 1. The van der Waals surface area contributed by atoms with Gasteiger partial charge in [0.05, 0.1) is 13.2 Å². The van der Waals surface area contributed by atoms with Crippen molar-refractivity contribution in [2.24, 2.45) is 11.8 Å². The number of hydrogen-bond donors (Lipinski definition) is 3. The van der Waals surface area contributed by atoms with Gasteiger partial charge in [0.15, 0.2) is 0 Å². The number of hydrogen-bond acceptors (Lipinski definition) is 7. The average Bonchev–Trinajstić information content (AvgIpc) is 3.33. The van der Waals surface area contributed by atoms with Crippen LogP contribution in [0.4, 0.5) is 0 Å². The Kier molecular flexibility index (Phi) is 7.41. The normalized spacial score (nSPS) is 30.9. The van der Waals surface area contributed by atoms with Crippen molar-refractivity contribution in [1.82, 2.24) is 26.1 Å². The molecule has 35 heavy (non-hydrogen) atoms. The van der Waals surface area contributed by atoms with Gasteiger partial charge in [0, 0.05) is 43.5 Å². The topological polar surface area (TPSA) is 95.6 Å². The Labute approximate surface area is 206 Å². The number of pyridine rings is 1. The first-order valence-corrected chi connectivity index (χ1v) is 12.7. The van der Waals surface area contributed by atoms with E-state index >= 15 is 0 Å². The van der Waals surface area contributed by atoms with Crippen LogP contribution >= 0.6 is 0 Å². The number of esters is 1. The van der Waals surface area contributed by atoms with E-state index in [1.165, 1.54) is 12.7 Å². The number of amides is 1. The van der Waals surface area contributed by atoms with Gasteiger partial charge in [0.1, 0.15) is 6.04 Å². The highest BCUT2D eigenvalue weighted by molar-refractivity contribution is 5.79. The van der Waals surface area contributed by atoms with E-state index in [9.17, 15) is 9.59 Å². The molecular weight excluding hydrogens is 442 g/mol. The van der Waals surface area contributed by atoms with Crippen LogP contribution < -0.4 is 16.2 Å². The highest BCUT2D eigenvalue weighted by Gasteiger charge is 2.43. The number of nitrogens with zero attached hydrogens (tertiary/aromatic N) is 2. The van der Waals surface area contributed by atoms with Crippen LogP contribution in [0, 0.1) is 11.8 Å². The molecule has 8 nitrogen and oxygen atoms in total. The monoisotopic (exact) mass is 477 g/mol. The van der Waals surface area contributed by atoms with Crippen molar-refractivity contribution in [3.63, 3.8) is 0 Å². The first-order valence-electron chi connectivity index (χ1n) is 12.7. The summed E-state index contributed by atoms with van der Waals surface area (Å²) in [4.78, 5) is 32.1. The first-order chi connectivity index (χ1) is 17.1. The number of nitrogens with one attached hydrogen (secondary N) is 3. The van der Waals surface area contributed by atoms with Crippen LogP contribution in [0.15, 0.2) is 54.9 Å². The molecule has 1 saturated carbocycles. The van der Waals surface area contributed by atoms with Crippen LogP contribution in [0.5, 0.6) is 0 Å². The second-order valence-corrected chi connectivity index (χ2v) is 10.1. The van der Waals surface area contributed by atoms with Gasteiger partial charge in [-0.2, -0.15) is 0 Å². The molecule has 5 rings (SSSR count). The van der Waals surface area contributed by atoms with Crippen molar-refractivity contribution in [3.05, 3.63) is 66.0 Å². The van der Waals surface area contributed by atoms with Crippen molar-refractivity contribution in [1.29, 1.82) is 0 Å². The molecule has 4 unspecified atom stereocenters. The summed E-state index contributed by atoms with van der Waals surface area (Å²) in [6.45, 7) is 1.30. The minimum Gasteiger partial charge on any atom is -0.468 e. The lowest BCUT2D eigenvalue weighted by Crippen LogP contribution is -2.55. The van der Waals surface area contributed by atoms with Crippen molar-refractivity contribution in [3.8, 4) is 0 Å². The van der Waals surface area contributed by atoms with Gasteiger partial charge < -0.3 is 10.1 Å². The summed E-state index contributed by atoms with van der Waals surface area (Å²) in [6, 6.07) is 14.6. The molecule has 3 aliphatic rings. The SMILES string of the molecule is COC(=O)[C@H]1CC[C@@H](NC(=O)C2CCC3NNC(c4ccncc4)C3C2)CN1Cc1ccccc1. The molecule has 6 atom stereocenters. The van der Waals surface area contributed by atoms with E-state index in [1.807, 2.05) is 42.7 Å². The molecule has 1 amide bonds. The number of likely N-dealkylation sites (tertiary alicyclic amines) is 1. The average molecular weight is 478 g/mol. The second kappa shape index (κ2) is 10.8. The van der Waals surface area contributed by atoms with Crippen LogP contribution in [0.2, 0.25) is 0 Å². The van der Waals surface area contributed by atoms with Gasteiger partial charge in [-0.25, -0.2) is 5.43 Å². The number of fused-ring (bicyclic) bond motifs is 1. The molecule has 8 heteroatoms. The van der Waals surface area contributed by atoms with Crippen molar-refractivity contribution >= 4 is 11.9 Å². The summed E-state index contributed by atoms with van der Waals surface area (Å²) < 4.78 is 5.07. The highest BCUT2D eigenvalue weighted by atomic mass is 16.5. The van der Waals surface area contributed by atoms with Crippen molar-refractivity contribution < 1.29 is 14.3 Å². The highest BCUT2D eigenvalue weighted by Crippen LogP contribution is 2.40. The molecular formula is C27H35N5O3. The van der Waals surface area contributed by atoms with Crippen molar-refractivity contribution in [2.45, 2.75) is 62.8 Å². The molecule has 0 bridgehead atoms. The number of carbonyl (C=O) groups excluding carboxylic acids is 2. The lowest BCUT2D eigenvalue weighted by molar-refractivity contribution is -0.149. The van der Waals surface area contributed by atoms with Gasteiger partial charge in [-0.05, 0) is 61.3 Å². The van der Waals surface area contributed by atoms with Gasteiger partial charge in [0.2, 0.25) is 5.91 Å². The van der Waals surface area contributed by atoms with Crippen LogP contribution in [0.3, 0.4) is 0 Å². The van der Waals surface area contributed by atoms with Crippen LogP contribution in [-0.4, -0.2) is 53.5 Å². The fourth-order valence-electron chi connectivity index (χ4n) is 6.07. The minimum absolute atomic E-state index is 0.00295. The molecule has 1 aromatic carbocycles. The Bertz CT molecular complexity index is 1000. The molecule has 0 spiro atoms. The van der Waals surface area contributed by atoms with Gasteiger partial charge >= 0.3 is 5.97 Å². The second-order valence-electron chi connectivity index (χ2n) is 10.1.